The maximum Gasteiger partial charge on any atom is 0.267 e. The van der Waals surface area contributed by atoms with Crippen molar-refractivity contribution in [2.75, 3.05) is 13.2 Å². The van der Waals surface area contributed by atoms with Crippen molar-refractivity contribution in [1.82, 2.24) is 9.88 Å². The summed E-state index contributed by atoms with van der Waals surface area (Å²) in [5.74, 6) is -0.0808. The molecule has 1 rings (SSSR count). The molecule has 2 N–H and O–H groups in total. The summed E-state index contributed by atoms with van der Waals surface area (Å²) in [7, 11) is 0. The highest BCUT2D eigenvalue weighted by atomic mass is 35.5. The van der Waals surface area contributed by atoms with E-state index in [0.717, 1.165) is 25.7 Å². The topological polar surface area (TPSA) is 54.3 Å². The fourth-order valence-electron chi connectivity index (χ4n) is 1.94. The van der Waals surface area contributed by atoms with Gasteiger partial charge in [0.05, 0.1) is 5.02 Å². The van der Waals surface area contributed by atoms with E-state index in [9.17, 15) is 4.79 Å². The molecular formula is C14H23ClN2O2. The SMILES string of the molecule is CC(C)n1cc(Cl)cc1C(=O)NCCCCCCO. The van der Waals surface area contributed by atoms with Gasteiger partial charge in [0, 0.05) is 25.4 Å². The second kappa shape index (κ2) is 8.23. The Labute approximate surface area is 119 Å². The van der Waals surface area contributed by atoms with Crippen LogP contribution >= 0.6 is 11.6 Å². The number of aromatic nitrogens is 1. The van der Waals surface area contributed by atoms with Crippen LogP contribution in [0.4, 0.5) is 0 Å². The van der Waals surface area contributed by atoms with Crippen molar-refractivity contribution in [1.29, 1.82) is 0 Å². The fourth-order valence-corrected chi connectivity index (χ4v) is 2.15. The third-order valence-corrected chi connectivity index (χ3v) is 3.18. The molecule has 5 heteroatoms. The molecule has 1 heterocycles. The summed E-state index contributed by atoms with van der Waals surface area (Å²) in [6, 6.07) is 1.90. The van der Waals surface area contributed by atoms with Crippen LogP contribution in [0.1, 0.15) is 56.1 Å². The number of hydrogen-bond acceptors (Lipinski definition) is 2. The van der Waals surface area contributed by atoms with Crippen LogP contribution in [0.2, 0.25) is 5.02 Å². The second-order valence-corrected chi connectivity index (χ2v) is 5.37. The van der Waals surface area contributed by atoms with E-state index in [1.807, 2.05) is 18.4 Å². The third-order valence-electron chi connectivity index (χ3n) is 2.97. The predicted molar refractivity (Wildman–Crippen MR) is 77.7 cm³/mol. The number of rotatable bonds is 8. The first-order valence-electron chi connectivity index (χ1n) is 6.82. The Morgan fingerprint density at radius 3 is 2.68 bits per heavy atom. The summed E-state index contributed by atoms with van der Waals surface area (Å²) in [6.45, 7) is 4.93. The Kier molecular flexibility index (Phi) is 6.95. The van der Waals surface area contributed by atoms with Crippen molar-refractivity contribution in [3.8, 4) is 0 Å². The van der Waals surface area contributed by atoms with Gasteiger partial charge in [-0.3, -0.25) is 4.79 Å². The molecule has 0 radical (unpaired) electrons. The summed E-state index contributed by atoms with van der Waals surface area (Å²) in [4.78, 5) is 12.0. The number of nitrogens with one attached hydrogen (secondary N) is 1. The molecule has 0 aromatic carbocycles. The van der Waals surface area contributed by atoms with Gasteiger partial charge in [-0.1, -0.05) is 24.4 Å². The average molecular weight is 287 g/mol. The van der Waals surface area contributed by atoms with Crippen LogP contribution in [0.5, 0.6) is 0 Å². The first kappa shape index (κ1) is 16.1. The van der Waals surface area contributed by atoms with Crippen LogP contribution in [-0.4, -0.2) is 28.7 Å². The Morgan fingerprint density at radius 2 is 2.05 bits per heavy atom. The number of aliphatic hydroxyl groups is 1. The van der Waals surface area contributed by atoms with Crippen LogP contribution < -0.4 is 5.32 Å². The monoisotopic (exact) mass is 286 g/mol. The van der Waals surface area contributed by atoms with E-state index in [-0.39, 0.29) is 18.6 Å². The number of halogens is 1. The van der Waals surface area contributed by atoms with Gasteiger partial charge in [-0.15, -0.1) is 0 Å². The van der Waals surface area contributed by atoms with E-state index < -0.39 is 0 Å². The molecule has 0 saturated carbocycles. The molecule has 0 atom stereocenters. The Morgan fingerprint density at radius 1 is 1.37 bits per heavy atom. The first-order chi connectivity index (χ1) is 9.06. The maximum absolute atomic E-state index is 12.0. The van der Waals surface area contributed by atoms with Crippen LogP contribution in [0.25, 0.3) is 0 Å². The van der Waals surface area contributed by atoms with E-state index >= 15 is 0 Å². The number of nitrogens with zero attached hydrogens (tertiary/aromatic N) is 1. The molecule has 1 aromatic heterocycles. The van der Waals surface area contributed by atoms with Gasteiger partial charge < -0.3 is 15.0 Å². The molecule has 108 valence electrons. The van der Waals surface area contributed by atoms with E-state index in [4.69, 9.17) is 16.7 Å². The van der Waals surface area contributed by atoms with Crippen molar-refractivity contribution >= 4 is 17.5 Å². The van der Waals surface area contributed by atoms with Crippen molar-refractivity contribution in [3.63, 3.8) is 0 Å². The van der Waals surface area contributed by atoms with E-state index in [0.29, 0.717) is 17.3 Å². The molecule has 0 saturated heterocycles. The highest BCUT2D eigenvalue weighted by molar-refractivity contribution is 6.31. The lowest BCUT2D eigenvalue weighted by molar-refractivity contribution is 0.0942. The van der Waals surface area contributed by atoms with Gasteiger partial charge in [0.15, 0.2) is 0 Å². The quantitative estimate of drug-likeness (QED) is 0.722. The van der Waals surface area contributed by atoms with E-state index in [1.54, 1.807) is 12.3 Å². The van der Waals surface area contributed by atoms with Gasteiger partial charge in [-0.25, -0.2) is 0 Å². The largest absolute Gasteiger partial charge is 0.396 e. The molecule has 0 fully saturated rings. The first-order valence-corrected chi connectivity index (χ1v) is 7.20. The van der Waals surface area contributed by atoms with E-state index in [2.05, 4.69) is 5.32 Å². The lowest BCUT2D eigenvalue weighted by Crippen LogP contribution is -2.27. The summed E-state index contributed by atoms with van der Waals surface area (Å²) in [6.07, 6.45) is 5.57. The number of aliphatic hydroxyl groups excluding tert-OH is 1. The van der Waals surface area contributed by atoms with Crippen LogP contribution in [0, 0.1) is 0 Å². The molecular weight excluding hydrogens is 264 g/mol. The van der Waals surface area contributed by atoms with Crippen LogP contribution in [-0.2, 0) is 0 Å². The summed E-state index contributed by atoms with van der Waals surface area (Å²) < 4.78 is 1.88. The van der Waals surface area contributed by atoms with Gasteiger partial charge in [0.2, 0.25) is 0 Å². The van der Waals surface area contributed by atoms with Crippen molar-refractivity contribution < 1.29 is 9.90 Å². The van der Waals surface area contributed by atoms with E-state index in [1.165, 1.54) is 0 Å². The molecule has 1 aromatic rings. The van der Waals surface area contributed by atoms with Gasteiger partial charge in [-0.05, 0) is 32.8 Å². The van der Waals surface area contributed by atoms with Crippen LogP contribution in [0.15, 0.2) is 12.3 Å². The third kappa shape index (κ3) is 5.25. The molecule has 0 aliphatic heterocycles. The molecule has 0 aliphatic carbocycles. The minimum absolute atomic E-state index is 0.0808. The molecule has 0 aliphatic rings. The zero-order valence-electron chi connectivity index (χ0n) is 11.7. The average Bonchev–Trinajstić information content (AvgIpc) is 2.76. The fraction of sp³-hybridized carbons (Fsp3) is 0.643. The lowest BCUT2D eigenvalue weighted by Gasteiger charge is -2.12. The van der Waals surface area contributed by atoms with Crippen molar-refractivity contribution in [3.05, 3.63) is 23.0 Å². The Bertz CT molecular complexity index is 402. The normalized spacial score (nSPS) is 11.0. The standard InChI is InChI=1S/C14H23ClN2O2/c1-11(2)17-10-12(15)9-13(17)14(19)16-7-5-3-4-6-8-18/h9-11,18H,3-8H2,1-2H3,(H,16,19). The zero-order valence-corrected chi connectivity index (χ0v) is 12.4. The second-order valence-electron chi connectivity index (χ2n) is 4.94. The number of carbonyl (C=O) groups excluding carboxylic acids is 1. The summed E-state index contributed by atoms with van der Waals surface area (Å²) in [5.41, 5.74) is 0.607. The minimum Gasteiger partial charge on any atom is -0.396 e. The number of hydrogen-bond donors (Lipinski definition) is 2. The van der Waals surface area contributed by atoms with Gasteiger partial charge in [-0.2, -0.15) is 0 Å². The molecule has 0 bridgehead atoms. The molecule has 0 unspecified atom stereocenters. The van der Waals surface area contributed by atoms with Gasteiger partial charge in [0.25, 0.3) is 5.91 Å². The van der Waals surface area contributed by atoms with Crippen molar-refractivity contribution in [2.45, 2.75) is 45.6 Å². The minimum atomic E-state index is -0.0808. The molecule has 4 nitrogen and oxygen atoms in total. The molecule has 1 amide bonds. The van der Waals surface area contributed by atoms with Gasteiger partial charge >= 0.3 is 0 Å². The Balaban J connectivity index is 2.41. The van der Waals surface area contributed by atoms with Crippen LogP contribution in [0.3, 0.4) is 0 Å². The summed E-state index contributed by atoms with van der Waals surface area (Å²) >= 11 is 5.95. The summed E-state index contributed by atoms with van der Waals surface area (Å²) in [5, 5.41) is 12.1. The maximum atomic E-state index is 12.0. The lowest BCUT2D eigenvalue weighted by atomic mass is 10.2. The number of amides is 1. The Hall–Kier alpha value is -1.00. The highest BCUT2D eigenvalue weighted by Crippen LogP contribution is 2.18. The number of unbranched alkanes of at least 4 members (excludes halogenated alkanes) is 3. The molecule has 0 spiro atoms. The van der Waals surface area contributed by atoms with Crippen molar-refractivity contribution in [2.24, 2.45) is 0 Å². The zero-order chi connectivity index (χ0) is 14.3. The predicted octanol–water partition coefficient (Wildman–Crippen LogP) is 3.00. The highest BCUT2D eigenvalue weighted by Gasteiger charge is 2.14. The van der Waals surface area contributed by atoms with Gasteiger partial charge in [0.1, 0.15) is 5.69 Å². The smallest absolute Gasteiger partial charge is 0.267 e. The number of carbonyl (C=O) groups is 1. The molecule has 19 heavy (non-hydrogen) atoms.